The van der Waals surface area contributed by atoms with Crippen LogP contribution in [0.15, 0.2) is 37.1 Å². The van der Waals surface area contributed by atoms with Crippen LogP contribution in [0.5, 0.6) is 0 Å². The van der Waals surface area contributed by atoms with Crippen LogP contribution in [0, 0.1) is 11.6 Å². The molecule has 1 aliphatic rings. The Morgan fingerprint density at radius 2 is 2.03 bits per heavy atom. The summed E-state index contributed by atoms with van der Waals surface area (Å²) in [4.78, 5) is 27.8. The highest BCUT2D eigenvalue weighted by Crippen LogP contribution is 2.31. The van der Waals surface area contributed by atoms with Crippen LogP contribution in [0.2, 0.25) is 5.02 Å². The lowest BCUT2D eigenvalue weighted by Gasteiger charge is -2.30. The Labute approximate surface area is 198 Å². The van der Waals surface area contributed by atoms with Crippen LogP contribution in [0.4, 0.5) is 14.6 Å². The molecule has 1 unspecified atom stereocenters. The number of carbonyl (C=O) groups excluding carboxylic acids is 1. The number of nitrogens with one attached hydrogen (secondary N) is 3. The maximum Gasteiger partial charge on any atom is 0.269 e. The van der Waals surface area contributed by atoms with E-state index in [-0.39, 0.29) is 40.2 Å². The van der Waals surface area contributed by atoms with Gasteiger partial charge in [-0.05, 0) is 37.8 Å². The maximum absolute atomic E-state index is 14.6. The van der Waals surface area contributed by atoms with Crippen LogP contribution >= 0.6 is 11.6 Å². The van der Waals surface area contributed by atoms with Crippen LogP contribution in [0.3, 0.4) is 0 Å². The molecule has 2 atom stereocenters. The van der Waals surface area contributed by atoms with Crippen LogP contribution in [0.25, 0.3) is 22.3 Å². The van der Waals surface area contributed by atoms with E-state index in [4.69, 9.17) is 11.6 Å². The summed E-state index contributed by atoms with van der Waals surface area (Å²) < 4.78 is 30.5. The van der Waals surface area contributed by atoms with Crippen LogP contribution < -0.4 is 10.6 Å². The first-order valence-corrected chi connectivity index (χ1v) is 11.3. The molecule has 0 radical (unpaired) electrons. The summed E-state index contributed by atoms with van der Waals surface area (Å²) in [6.07, 6.45) is 8.90. The Morgan fingerprint density at radius 1 is 1.21 bits per heavy atom. The van der Waals surface area contributed by atoms with Crippen molar-refractivity contribution in [2.75, 3.05) is 5.32 Å². The molecular weight excluding hydrogens is 464 g/mol. The number of imidazole rings is 1. The smallest absolute Gasteiger partial charge is 0.269 e. The fourth-order valence-electron chi connectivity index (χ4n) is 4.42. The molecule has 0 saturated heterocycles. The topological polar surface area (TPSA) is 101 Å². The molecule has 0 bridgehead atoms. The van der Waals surface area contributed by atoms with E-state index < -0.39 is 11.6 Å². The number of aromatic amines is 1. The van der Waals surface area contributed by atoms with E-state index in [9.17, 15) is 13.6 Å². The number of amides is 1. The first-order valence-electron chi connectivity index (χ1n) is 10.9. The van der Waals surface area contributed by atoms with Crippen molar-refractivity contribution >= 4 is 34.2 Å². The van der Waals surface area contributed by atoms with E-state index in [1.165, 1.54) is 12.3 Å². The number of halogens is 3. The second-order valence-corrected chi connectivity index (χ2v) is 8.91. The summed E-state index contributed by atoms with van der Waals surface area (Å²) in [5.74, 6) is -0.963. The average Bonchev–Trinajstić information content (AvgIpc) is 3.42. The number of aryl methyl sites for hydroxylation is 1. The van der Waals surface area contributed by atoms with Gasteiger partial charge in [0.1, 0.15) is 11.5 Å². The van der Waals surface area contributed by atoms with Gasteiger partial charge in [-0.3, -0.25) is 4.79 Å². The Morgan fingerprint density at radius 3 is 2.82 bits per heavy atom. The predicted octanol–water partition coefficient (Wildman–Crippen LogP) is 4.44. The van der Waals surface area contributed by atoms with Gasteiger partial charge in [0.2, 0.25) is 0 Å². The quantitative estimate of drug-likeness (QED) is 0.388. The summed E-state index contributed by atoms with van der Waals surface area (Å²) in [5, 5.41) is 6.96. The van der Waals surface area contributed by atoms with Gasteiger partial charge in [0.25, 0.3) is 5.91 Å². The molecule has 176 valence electrons. The number of benzene rings is 1. The van der Waals surface area contributed by atoms with Crippen molar-refractivity contribution in [2.45, 2.75) is 37.8 Å². The molecule has 0 aliphatic heterocycles. The van der Waals surface area contributed by atoms with Gasteiger partial charge in [-0.2, -0.15) is 0 Å². The molecule has 3 aromatic heterocycles. The lowest BCUT2D eigenvalue weighted by molar-refractivity contribution is 0.0918. The Bertz CT molecular complexity index is 1370. The zero-order chi connectivity index (χ0) is 23.8. The number of anilines is 1. The Kier molecular flexibility index (Phi) is 5.91. The minimum absolute atomic E-state index is 0.0586. The molecule has 1 aromatic carbocycles. The van der Waals surface area contributed by atoms with Crippen LogP contribution in [-0.4, -0.2) is 42.5 Å². The number of H-pyrrole nitrogens is 1. The minimum atomic E-state index is -0.589. The van der Waals surface area contributed by atoms with Gasteiger partial charge in [-0.1, -0.05) is 11.6 Å². The largest absolute Gasteiger partial charge is 0.365 e. The van der Waals surface area contributed by atoms with Gasteiger partial charge in [-0.15, -0.1) is 0 Å². The van der Waals surface area contributed by atoms with E-state index in [2.05, 4.69) is 30.6 Å². The predicted molar refractivity (Wildman–Crippen MR) is 125 cm³/mol. The number of rotatable bonds is 5. The van der Waals surface area contributed by atoms with Crippen molar-refractivity contribution in [2.24, 2.45) is 7.05 Å². The van der Waals surface area contributed by atoms with E-state index in [0.717, 1.165) is 25.5 Å². The third kappa shape index (κ3) is 4.33. The van der Waals surface area contributed by atoms with Crippen molar-refractivity contribution in [1.29, 1.82) is 0 Å². The molecule has 1 amide bonds. The molecule has 3 heterocycles. The van der Waals surface area contributed by atoms with Gasteiger partial charge in [0.05, 0.1) is 24.2 Å². The van der Waals surface area contributed by atoms with Gasteiger partial charge >= 0.3 is 0 Å². The normalized spacial score (nSPS) is 18.2. The van der Waals surface area contributed by atoms with Gasteiger partial charge in [0.15, 0.2) is 17.5 Å². The molecule has 1 aliphatic carbocycles. The van der Waals surface area contributed by atoms with Crippen molar-refractivity contribution in [3.05, 3.63) is 59.4 Å². The van der Waals surface area contributed by atoms with Gasteiger partial charge < -0.3 is 20.2 Å². The van der Waals surface area contributed by atoms with Gasteiger partial charge in [0, 0.05) is 41.3 Å². The van der Waals surface area contributed by atoms with E-state index in [0.29, 0.717) is 23.1 Å². The number of hydrogen-bond acceptors (Lipinski definition) is 5. The van der Waals surface area contributed by atoms with Gasteiger partial charge in [-0.25, -0.2) is 23.7 Å². The molecule has 11 heteroatoms. The molecule has 5 rings (SSSR count). The van der Waals surface area contributed by atoms with Crippen molar-refractivity contribution in [1.82, 2.24) is 29.8 Å². The van der Waals surface area contributed by atoms with Crippen molar-refractivity contribution in [3.63, 3.8) is 0 Å². The number of carbonyl (C=O) groups is 1. The highest BCUT2D eigenvalue weighted by Gasteiger charge is 2.26. The fourth-order valence-corrected chi connectivity index (χ4v) is 4.62. The highest BCUT2D eigenvalue weighted by molar-refractivity contribution is 6.31. The molecule has 0 spiro atoms. The lowest BCUT2D eigenvalue weighted by atomic mass is 9.91. The minimum Gasteiger partial charge on any atom is -0.365 e. The van der Waals surface area contributed by atoms with E-state index in [1.54, 1.807) is 30.2 Å². The average molecular weight is 486 g/mol. The monoisotopic (exact) mass is 485 g/mol. The second kappa shape index (κ2) is 9.02. The highest BCUT2D eigenvalue weighted by atomic mass is 35.5. The molecule has 1 saturated carbocycles. The summed E-state index contributed by atoms with van der Waals surface area (Å²) in [6.45, 7) is 0. The third-order valence-corrected chi connectivity index (χ3v) is 6.31. The molecule has 1 fully saturated rings. The SMILES string of the molecule is Cn1cncc1C(=O)NC1CCC[C@H](Nc2nc(-c3c[nH]c4c(F)cc(Cl)cc34)ncc2F)C1. The molecular formula is C23H22ClF2N7O. The molecule has 8 nitrogen and oxygen atoms in total. The summed E-state index contributed by atoms with van der Waals surface area (Å²) in [6, 6.07) is 2.69. The molecule has 4 aromatic rings. The third-order valence-electron chi connectivity index (χ3n) is 6.09. The Hall–Kier alpha value is -3.53. The molecule has 34 heavy (non-hydrogen) atoms. The first-order chi connectivity index (χ1) is 16.4. The fraction of sp³-hybridized carbons (Fsp3) is 0.304. The lowest BCUT2D eigenvalue weighted by Crippen LogP contribution is -2.42. The number of fused-ring (bicyclic) bond motifs is 1. The van der Waals surface area contributed by atoms with E-state index in [1.807, 2.05) is 0 Å². The van der Waals surface area contributed by atoms with E-state index >= 15 is 0 Å². The summed E-state index contributed by atoms with van der Waals surface area (Å²) in [5.41, 5.74) is 1.28. The van der Waals surface area contributed by atoms with Crippen LogP contribution in [0.1, 0.15) is 36.2 Å². The number of nitrogens with zero attached hydrogens (tertiary/aromatic N) is 4. The van der Waals surface area contributed by atoms with Crippen LogP contribution in [-0.2, 0) is 7.05 Å². The first kappa shape index (κ1) is 22.3. The maximum atomic E-state index is 14.6. The molecule has 3 N–H and O–H groups in total. The number of hydrogen-bond donors (Lipinski definition) is 3. The second-order valence-electron chi connectivity index (χ2n) is 8.47. The zero-order valence-corrected chi connectivity index (χ0v) is 19.0. The Balaban J connectivity index is 1.33. The standard InChI is InChI=1S/C23H22ClF2N7O/c1-33-11-27-10-19(33)23(34)31-14-4-2-3-13(7-14)30-22-18(26)9-29-21(32-22)16-8-28-20-15(16)5-12(24)6-17(20)25/h5-6,8-11,13-14,28H,2-4,7H2,1H3,(H,31,34)(H,29,30,32)/t13-,14?/m0/s1. The van der Waals surface area contributed by atoms with Crippen molar-refractivity contribution in [3.8, 4) is 11.4 Å². The number of aromatic nitrogens is 5. The summed E-state index contributed by atoms with van der Waals surface area (Å²) >= 11 is 6.01. The summed E-state index contributed by atoms with van der Waals surface area (Å²) in [7, 11) is 1.76. The van der Waals surface area contributed by atoms with Crippen molar-refractivity contribution < 1.29 is 13.6 Å². The zero-order valence-electron chi connectivity index (χ0n) is 18.3.